The van der Waals surface area contributed by atoms with Gasteiger partial charge in [-0.05, 0) is 85.3 Å². The molecule has 0 radical (unpaired) electrons. The summed E-state index contributed by atoms with van der Waals surface area (Å²) < 4.78 is 128. The molecule has 0 heterocycles. The lowest BCUT2D eigenvalue weighted by atomic mass is 9.76. The van der Waals surface area contributed by atoms with Crippen molar-refractivity contribution < 1.29 is 52.8 Å². The van der Waals surface area contributed by atoms with Gasteiger partial charge >= 0.3 is 12.4 Å². The van der Waals surface area contributed by atoms with Crippen molar-refractivity contribution in [1.82, 2.24) is 0 Å². The molecular formula is C42H36F6N2O6S2. The van der Waals surface area contributed by atoms with Gasteiger partial charge in [0.2, 0.25) is 19.7 Å². The maximum atomic E-state index is 13.6. The molecule has 0 spiro atoms. The number of rotatable bonds is 8. The van der Waals surface area contributed by atoms with E-state index < -0.39 is 64.5 Å². The highest BCUT2D eigenvalue weighted by atomic mass is 32.2. The molecule has 0 saturated heterocycles. The van der Waals surface area contributed by atoms with Crippen molar-refractivity contribution in [2.24, 2.45) is 11.8 Å². The SMILES string of the molecule is N#C[C@@](c1ccccc1)([C@H]1CCCC(=O)C1)S(=O)(=O)c1ccc(C(F)(F)F)cc1.N#C[C@@](c1ccccc1)([C@H]1CCCC(=O)C1)S(=O)(=O)c1ccc(C(F)(F)F)cc1. The monoisotopic (exact) mass is 842 g/mol. The number of halogens is 6. The normalized spacial score (nSPS) is 19.9. The van der Waals surface area contributed by atoms with Gasteiger partial charge in [-0.1, -0.05) is 60.7 Å². The van der Waals surface area contributed by atoms with Crippen LogP contribution in [0, 0.1) is 34.5 Å². The highest BCUT2D eigenvalue weighted by Gasteiger charge is 2.55. The Labute approximate surface area is 332 Å². The number of carbonyl (C=O) groups is 2. The van der Waals surface area contributed by atoms with Crippen LogP contribution in [0.4, 0.5) is 26.3 Å². The lowest BCUT2D eigenvalue weighted by molar-refractivity contribution is -0.138. The van der Waals surface area contributed by atoms with Crippen molar-refractivity contribution in [3.05, 3.63) is 131 Å². The Morgan fingerprint density at radius 2 is 0.793 bits per heavy atom. The Morgan fingerprint density at radius 3 is 1.05 bits per heavy atom. The summed E-state index contributed by atoms with van der Waals surface area (Å²) in [4.78, 5) is 23.4. The van der Waals surface area contributed by atoms with Crippen LogP contribution in [-0.2, 0) is 51.1 Å². The summed E-state index contributed by atoms with van der Waals surface area (Å²) in [6.07, 6.45) is -7.06. The first-order valence-electron chi connectivity index (χ1n) is 18.1. The van der Waals surface area contributed by atoms with Crippen molar-refractivity contribution in [3.8, 4) is 12.1 Å². The molecule has 16 heteroatoms. The van der Waals surface area contributed by atoms with Crippen LogP contribution in [-0.4, -0.2) is 28.4 Å². The summed E-state index contributed by atoms with van der Waals surface area (Å²) in [5, 5.41) is 20.3. The minimum Gasteiger partial charge on any atom is -0.300 e. The molecule has 0 N–H and O–H groups in total. The highest BCUT2D eigenvalue weighted by Crippen LogP contribution is 2.48. The maximum Gasteiger partial charge on any atom is 0.416 e. The maximum absolute atomic E-state index is 13.6. The Balaban J connectivity index is 0.000000221. The zero-order chi connectivity index (χ0) is 42.6. The first-order valence-corrected chi connectivity index (χ1v) is 21.0. The van der Waals surface area contributed by atoms with E-state index in [9.17, 15) is 63.3 Å². The lowest BCUT2D eigenvalue weighted by Gasteiger charge is -2.36. The van der Waals surface area contributed by atoms with E-state index in [4.69, 9.17) is 0 Å². The van der Waals surface area contributed by atoms with Crippen LogP contribution in [0.2, 0.25) is 0 Å². The molecule has 2 fully saturated rings. The first kappa shape index (κ1) is 43.8. The molecule has 304 valence electrons. The smallest absolute Gasteiger partial charge is 0.300 e. The van der Waals surface area contributed by atoms with E-state index in [0.29, 0.717) is 62.8 Å². The molecule has 0 aromatic heterocycles. The first-order chi connectivity index (χ1) is 27.3. The fourth-order valence-electron chi connectivity index (χ4n) is 7.78. The number of benzene rings is 4. The summed E-state index contributed by atoms with van der Waals surface area (Å²) in [5.74, 6) is -1.83. The minimum atomic E-state index is -4.61. The third-order valence-electron chi connectivity index (χ3n) is 10.7. The van der Waals surface area contributed by atoms with Crippen molar-refractivity contribution in [3.63, 3.8) is 0 Å². The molecule has 4 aromatic carbocycles. The highest BCUT2D eigenvalue weighted by molar-refractivity contribution is 7.93. The lowest BCUT2D eigenvalue weighted by Crippen LogP contribution is -2.44. The molecule has 6 rings (SSSR count). The molecule has 4 aromatic rings. The van der Waals surface area contributed by atoms with Gasteiger partial charge < -0.3 is 0 Å². The molecule has 8 nitrogen and oxygen atoms in total. The molecule has 0 bridgehead atoms. The topological polar surface area (TPSA) is 150 Å². The fourth-order valence-corrected chi connectivity index (χ4v) is 11.9. The van der Waals surface area contributed by atoms with E-state index in [-0.39, 0.29) is 45.3 Å². The number of hydrogen-bond donors (Lipinski definition) is 0. The molecule has 4 atom stereocenters. The van der Waals surface area contributed by atoms with E-state index in [1.54, 1.807) is 36.4 Å². The number of carbonyl (C=O) groups excluding carboxylic acids is 2. The average molecular weight is 843 g/mol. The third kappa shape index (κ3) is 8.31. The zero-order valence-corrected chi connectivity index (χ0v) is 32.3. The zero-order valence-electron chi connectivity index (χ0n) is 30.6. The van der Waals surface area contributed by atoms with Gasteiger partial charge in [-0.15, -0.1) is 0 Å². The van der Waals surface area contributed by atoms with Gasteiger partial charge in [0.25, 0.3) is 0 Å². The fraction of sp³-hybridized carbons (Fsp3) is 0.333. The summed E-state index contributed by atoms with van der Waals surface area (Å²) in [6, 6.07) is 25.8. The van der Waals surface area contributed by atoms with Crippen molar-refractivity contribution in [2.45, 2.75) is 83.0 Å². The van der Waals surface area contributed by atoms with Crippen LogP contribution in [0.1, 0.15) is 73.6 Å². The number of Topliss-reactive ketones (excluding diaryl/α,β-unsaturated/α-hetero) is 2. The summed E-state index contributed by atoms with van der Waals surface area (Å²) in [7, 11) is -8.86. The van der Waals surface area contributed by atoms with E-state index in [1.807, 2.05) is 12.1 Å². The van der Waals surface area contributed by atoms with Crippen LogP contribution in [0.15, 0.2) is 119 Å². The van der Waals surface area contributed by atoms with Crippen LogP contribution in [0.5, 0.6) is 0 Å². The quantitative estimate of drug-likeness (QED) is 0.159. The second kappa shape index (κ2) is 16.9. The van der Waals surface area contributed by atoms with Crippen molar-refractivity contribution in [1.29, 1.82) is 10.5 Å². The Bertz CT molecular complexity index is 2260. The predicted octanol–water partition coefficient (Wildman–Crippen LogP) is 9.31. The van der Waals surface area contributed by atoms with Gasteiger partial charge in [-0.2, -0.15) is 36.9 Å². The van der Waals surface area contributed by atoms with Gasteiger partial charge in [0, 0.05) is 37.5 Å². The van der Waals surface area contributed by atoms with Gasteiger partial charge in [-0.3, -0.25) is 9.59 Å². The van der Waals surface area contributed by atoms with Crippen LogP contribution < -0.4 is 0 Å². The predicted molar refractivity (Wildman–Crippen MR) is 199 cm³/mol. The second-order valence-electron chi connectivity index (χ2n) is 14.1. The molecule has 0 amide bonds. The van der Waals surface area contributed by atoms with Crippen molar-refractivity contribution in [2.75, 3.05) is 0 Å². The van der Waals surface area contributed by atoms with Gasteiger partial charge in [0.1, 0.15) is 11.6 Å². The number of nitrogens with zero attached hydrogens (tertiary/aromatic N) is 2. The number of sulfone groups is 2. The molecule has 2 saturated carbocycles. The second-order valence-corrected chi connectivity index (χ2v) is 18.4. The van der Waals surface area contributed by atoms with Crippen molar-refractivity contribution >= 4 is 31.2 Å². The van der Waals surface area contributed by atoms with E-state index in [2.05, 4.69) is 0 Å². The van der Waals surface area contributed by atoms with E-state index in [1.165, 1.54) is 24.3 Å². The Hall–Kier alpha value is -5.32. The van der Waals surface area contributed by atoms with Crippen LogP contribution >= 0.6 is 0 Å². The van der Waals surface area contributed by atoms with Gasteiger partial charge in [-0.25, -0.2) is 16.8 Å². The Morgan fingerprint density at radius 1 is 0.483 bits per heavy atom. The van der Waals surface area contributed by atoms with Crippen LogP contribution in [0.25, 0.3) is 0 Å². The molecule has 0 unspecified atom stereocenters. The minimum absolute atomic E-state index is 0.0671. The van der Waals surface area contributed by atoms with Crippen LogP contribution in [0.3, 0.4) is 0 Å². The standard InChI is InChI=1S/2C21H18F3NO3S/c2*22-21(23,24)16-9-11-19(12-10-16)29(27,28)20(14-25,15-5-2-1-3-6-15)17-7-4-8-18(26)13-17/h2*1-3,5-6,9-12,17H,4,7-8,13H2/t2*17-,20+/m00/s1. The number of alkyl halides is 6. The third-order valence-corrected chi connectivity index (χ3v) is 15.5. The molecule has 2 aliphatic carbocycles. The number of ketones is 2. The molecule has 0 aliphatic heterocycles. The van der Waals surface area contributed by atoms with Gasteiger partial charge in [0.15, 0.2) is 9.49 Å². The van der Waals surface area contributed by atoms with E-state index >= 15 is 0 Å². The average Bonchev–Trinajstić information content (AvgIpc) is 3.19. The number of nitriles is 2. The Kier molecular flexibility index (Phi) is 12.7. The largest absolute Gasteiger partial charge is 0.416 e. The summed E-state index contributed by atoms with van der Waals surface area (Å²) in [6.45, 7) is 0. The number of hydrogen-bond acceptors (Lipinski definition) is 8. The molecule has 58 heavy (non-hydrogen) atoms. The summed E-state index contributed by atoms with van der Waals surface area (Å²) >= 11 is 0. The van der Waals surface area contributed by atoms with E-state index in [0.717, 1.165) is 24.3 Å². The van der Waals surface area contributed by atoms with Gasteiger partial charge in [0.05, 0.1) is 33.1 Å². The summed E-state index contributed by atoms with van der Waals surface area (Å²) in [5.41, 5.74) is -1.54. The molecule has 2 aliphatic rings. The molecular weight excluding hydrogens is 807 g/mol.